The highest BCUT2D eigenvalue weighted by atomic mass is 35.5. The van der Waals surface area contributed by atoms with Gasteiger partial charge in [-0.3, -0.25) is 14.9 Å². The van der Waals surface area contributed by atoms with Crippen molar-refractivity contribution in [2.24, 2.45) is 0 Å². The van der Waals surface area contributed by atoms with Crippen molar-refractivity contribution in [3.8, 4) is 0 Å². The van der Waals surface area contributed by atoms with Gasteiger partial charge in [-0.2, -0.15) is 0 Å². The summed E-state index contributed by atoms with van der Waals surface area (Å²) in [6.07, 6.45) is 2.46. The summed E-state index contributed by atoms with van der Waals surface area (Å²) >= 11 is 5.97. The van der Waals surface area contributed by atoms with Crippen molar-refractivity contribution in [1.82, 2.24) is 0 Å². The fourth-order valence-corrected chi connectivity index (χ4v) is 2.14. The van der Waals surface area contributed by atoms with Crippen LogP contribution in [-0.2, 0) is 14.3 Å². The Hall–Kier alpha value is -3.19. The quantitative estimate of drug-likeness (QED) is 0.359. The van der Waals surface area contributed by atoms with Crippen LogP contribution in [0.15, 0.2) is 48.5 Å². The third kappa shape index (κ3) is 5.71. The fourth-order valence-electron chi connectivity index (χ4n) is 1.96. The Balaban J connectivity index is 1.85. The SMILES string of the molecule is Cc1ccc(NC(=O)COC(=O)C=Cc2cccc([N+](=O)[O-])c2)cc1Cl. The number of esters is 1. The number of benzene rings is 2. The van der Waals surface area contributed by atoms with E-state index in [2.05, 4.69) is 5.32 Å². The van der Waals surface area contributed by atoms with Crippen molar-refractivity contribution in [3.05, 3.63) is 74.8 Å². The molecule has 0 heterocycles. The van der Waals surface area contributed by atoms with E-state index in [1.54, 1.807) is 24.3 Å². The summed E-state index contributed by atoms with van der Waals surface area (Å²) in [6.45, 7) is 1.37. The second-order valence-electron chi connectivity index (χ2n) is 5.31. The first-order valence-electron chi connectivity index (χ1n) is 7.50. The lowest BCUT2D eigenvalue weighted by molar-refractivity contribution is -0.384. The summed E-state index contributed by atoms with van der Waals surface area (Å²) in [5, 5.41) is 13.8. The van der Waals surface area contributed by atoms with Gasteiger partial charge in [-0.25, -0.2) is 4.79 Å². The van der Waals surface area contributed by atoms with E-state index in [1.807, 2.05) is 6.92 Å². The summed E-state index contributed by atoms with van der Waals surface area (Å²) < 4.78 is 4.82. The van der Waals surface area contributed by atoms with E-state index in [0.29, 0.717) is 16.3 Å². The van der Waals surface area contributed by atoms with Crippen molar-refractivity contribution in [2.75, 3.05) is 11.9 Å². The Bertz CT molecular complexity index is 880. The van der Waals surface area contributed by atoms with E-state index in [0.717, 1.165) is 11.6 Å². The molecular formula is C18H15ClN2O5. The number of nitrogens with one attached hydrogen (secondary N) is 1. The molecule has 1 amide bonds. The number of hydrogen-bond acceptors (Lipinski definition) is 5. The standard InChI is InChI=1S/C18H15ClN2O5/c1-12-5-7-14(10-16(12)19)20-17(22)11-26-18(23)8-6-13-3-2-4-15(9-13)21(24)25/h2-10H,11H2,1H3,(H,20,22). The highest BCUT2D eigenvalue weighted by Crippen LogP contribution is 2.19. The summed E-state index contributed by atoms with van der Waals surface area (Å²) in [5.41, 5.74) is 1.75. The maximum Gasteiger partial charge on any atom is 0.331 e. The molecule has 0 aliphatic rings. The molecule has 2 aromatic rings. The predicted octanol–water partition coefficient (Wildman–Crippen LogP) is 3.75. The van der Waals surface area contributed by atoms with Gasteiger partial charge < -0.3 is 10.1 Å². The minimum absolute atomic E-state index is 0.0864. The maximum absolute atomic E-state index is 11.8. The number of anilines is 1. The van der Waals surface area contributed by atoms with E-state index >= 15 is 0 Å². The van der Waals surface area contributed by atoms with E-state index < -0.39 is 23.4 Å². The van der Waals surface area contributed by atoms with Gasteiger partial charge in [0, 0.05) is 28.9 Å². The number of ether oxygens (including phenoxy) is 1. The molecule has 26 heavy (non-hydrogen) atoms. The average Bonchev–Trinajstić information content (AvgIpc) is 2.61. The lowest BCUT2D eigenvalue weighted by atomic mass is 10.2. The number of nitrogens with zero attached hydrogens (tertiary/aromatic N) is 1. The molecule has 134 valence electrons. The molecule has 1 N–H and O–H groups in total. The van der Waals surface area contributed by atoms with Crippen LogP contribution in [0.4, 0.5) is 11.4 Å². The van der Waals surface area contributed by atoms with Gasteiger partial charge in [-0.15, -0.1) is 0 Å². The van der Waals surface area contributed by atoms with Gasteiger partial charge in [0.15, 0.2) is 6.61 Å². The van der Waals surface area contributed by atoms with Crippen LogP contribution in [0.5, 0.6) is 0 Å². The second kappa shape index (κ2) is 8.77. The number of rotatable bonds is 6. The highest BCUT2D eigenvalue weighted by molar-refractivity contribution is 6.31. The number of amides is 1. The number of nitro benzene ring substituents is 1. The van der Waals surface area contributed by atoms with Crippen molar-refractivity contribution in [2.45, 2.75) is 6.92 Å². The molecule has 0 bridgehead atoms. The zero-order valence-electron chi connectivity index (χ0n) is 13.8. The van der Waals surface area contributed by atoms with E-state index in [-0.39, 0.29) is 5.69 Å². The van der Waals surface area contributed by atoms with E-state index in [1.165, 1.54) is 24.3 Å². The number of aryl methyl sites for hydroxylation is 1. The van der Waals surface area contributed by atoms with Crippen LogP contribution < -0.4 is 5.32 Å². The minimum Gasteiger partial charge on any atom is -0.452 e. The molecule has 0 spiro atoms. The molecule has 0 fully saturated rings. The summed E-state index contributed by atoms with van der Waals surface area (Å²) in [7, 11) is 0. The van der Waals surface area contributed by atoms with E-state index in [9.17, 15) is 19.7 Å². The zero-order chi connectivity index (χ0) is 19.1. The molecule has 0 saturated heterocycles. The maximum atomic E-state index is 11.8. The first kappa shape index (κ1) is 19.1. The van der Waals surface area contributed by atoms with Crippen LogP contribution >= 0.6 is 11.6 Å². The fraction of sp³-hybridized carbons (Fsp3) is 0.111. The number of non-ortho nitro benzene ring substituents is 1. The number of nitro groups is 1. The first-order chi connectivity index (χ1) is 12.3. The molecule has 8 heteroatoms. The van der Waals surface area contributed by atoms with Crippen molar-refractivity contribution in [3.63, 3.8) is 0 Å². The zero-order valence-corrected chi connectivity index (χ0v) is 14.5. The van der Waals surface area contributed by atoms with E-state index in [4.69, 9.17) is 16.3 Å². The van der Waals surface area contributed by atoms with Gasteiger partial charge in [0.05, 0.1) is 4.92 Å². The van der Waals surface area contributed by atoms with Gasteiger partial charge in [0.2, 0.25) is 0 Å². The summed E-state index contributed by atoms with van der Waals surface area (Å²) in [5.74, 6) is -1.25. The minimum atomic E-state index is -0.742. The number of carbonyl (C=O) groups is 2. The predicted molar refractivity (Wildman–Crippen MR) is 97.9 cm³/mol. The Kier molecular flexibility index (Phi) is 6.46. The van der Waals surface area contributed by atoms with Crippen molar-refractivity contribution < 1.29 is 19.2 Å². The molecule has 2 rings (SSSR count). The third-order valence-electron chi connectivity index (χ3n) is 3.29. The summed E-state index contributed by atoms with van der Waals surface area (Å²) in [4.78, 5) is 33.6. The molecule has 0 unspecified atom stereocenters. The van der Waals surface area contributed by atoms with Crippen LogP contribution in [0.2, 0.25) is 5.02 Å². The monoisotopic (exact) mass is 374 g/mol. The van der Waals surface area contributed by atoms with Crippen LogP contribution in [-0.4, -0.2) is 23.4 Å². The lowest BCUT2D eigenvalue weighted by Crippen LogP contribution is -2.20. The van der Waals surface area contributed by atoms with Gasteiger partial charge in [0.1, 0.15) is 0 Å². The normalized spacial score (nSPS) is 10.5. The number of hydrogen-bond donors (Lipinski definition) is 1. The molecule has 0 radical (unpaired) electrons. The Morgan fingerprint density at radius 3 is 2.73 bits per heavy atom. The highest BCUT2D eigenvalue weighted by Gasteiger charge is 2.08. The Labute approximate surface area is 154 Å². The van der Waals surface area contributed by atoms with Crippen LogP contribution in [0.3, 0.4) is 0 Å². The molecule has 7 nitrogen and oxygen atoms in total. The van der Waals surface area contributed by atoms with Gasteiger partial charge in [-0.05, 0) is 36.3 Å². The number of carbonyl (C=O) groups excluding carboxylic acids is 2. The van der Waals surface area contributed by atoms with Gasteiger partial charge in [0.25, 0.3) is 11.6 Å². The Morgan fingerprint density at radius 1 is 1.27 bits per heavy atom. The molecule has 0 aliphatic carbocycles. The van der Waals surface area contributed by atoms with Gasteiger partial charge >= 0.3 is 5.97 Å². The number of halogens is 1. The van der Waals surface area contributed by atoms with Crippen molar-refractivity contribution >= 4 is 40.9 Å². The molecule has 2 aromatic carbocycles. The van der Waals surface area contributed by atoms with Crippen LogP contribution in [0.1, 0.15) is 11.1 Å². The molecular weight excluding hydrogens is 360 g/mol. The Morgan fingerprint density at radius 2 is 2.04 bits per heavy atom. The van der Waals surface area contributed by atoms with Crippen LogP contribution in [0, 0.1) is 17.0 Å². The topological polar surface area (TPSA) is 98.5 Å². The molecule has 0 aliphatic heterocycles. The first-order valence-corrected chi connectivity index (χ1v) is 7.88. The van der Waals surface area contributed by atoms with Crippen molar-refractivity contribution in [1.29, 1.82) is 0 Å². The summed E-state index contributed by atoms with van der Waals surface area (Å²) in [6, 6.07) is 10.8. The molecule has 0 atom stereocenters. The largest absolute Gasteiger partial charge is 0.452 e. The second-order valence-corrected chi connectivity index (χ2v) is 5.71. The molecule has 0 saturated carbocycles. The van der Waals surface area contributed by atoms with Gasteiger partial charge in [-0.1, -0.05) is 29.8 Å². The molecule has 0 aromatic heterocycles. The van der Waals surface area contributed by atoms with Crippen LogP contribution in [0.25, 0.3) is 6.08 Å². The lowest BCUT2D eigenvalue weighted by Gasteiger charge is -2.07. The smallest absolute Gasteiger partial charge is 0.331 e. The average molecular weight is 375 g/mol. The third-order valence-corrected chi connectivity index (χ3v) is 3.70.